The summed E-state index contributed by atoms with van der Waals surface area (Å²) in [6.45, 7) is 3.03. The van der Waals surface area contributed by atoms with Gasteiger partial charge in [0.2, 0.25) is 5.91 Å². The number of anilines is 1. The van der Waals surface area contributed by atoms with Gasteiger partial charge >= 0.3 is 0 Å². The predicted molar refractivity (Wildman–Crippen MR) is 104 cm³/mol. The van der Waals surface area contributed by atoms with Gasteiger partial charge in [0.15, 0.2) is 11.5 Å². The second-order valence-corrected chi connectivity index (χ2v) is 7.05. The quantitative estimate of drug-likeness (QED) is 0.779. The molecule has 0 aliphatic heterocycles. The summed E-state index contributed by atoms with van der Waals surface area (Å²) >= 11 is 0. The van der Waals surface area contributed by atoms with Crippen LogP contribution in [0.1, 0.15) is 30.4 Å². The number of nitrogens with one attached hydrogen (secondary N) is 1. The fourth-order valence-electron chi connectivity index (χ4n) is 3.79. The minimum atomic E-state index is -0.0150. The Bertz CT molecular complexity index is 803. The first-order chi connectivity index (χ1) is 13.1. The Morgan fingerprint density at radius 1 is 1.30 bits per heavy atom. The third-order valence-electron chi connectivity index (χ3n) is 5.34. The monoisotopic (exact) mass is 372 g/mol. The van der Waals surface area contributed by atoms with Crippen molar-refractivity contribution in [3.05, 3.63) is 35.5 Å². The van der Waals surface area contributed by atoms with Gasteiger partial charge in [0.1, 0.15) is 5.82 Å². The van der Waals surface area contributed by atoms with Crippen LogP contribution in [0.25, 0.3) is 0 Å². The van der Waals surface area contributed by atoms with Gasteiger partial charge in [-0.05, 0) is 49.9 Å². The van der Waals surface area contributed by atoms with Crippen molar-refractivity contribution >= 4 is 11.7 Å². The van der Waals surface area contributed by atoms with E-state index in [1.165, 1.54) is 0 Å². The lowest BCUT2D eigenvalue weighted by Crippen LogP contribution is -2.30. The van der Waals surface area contributed by atoms with E-state index in [1.54, 1.807) is 25.1 Å². The molecule has 1 amide bonds. The number of hydrogen-bond donors (Lipinski definition) is 2. The van der Waals surface area contributed by atoms with Crippen LogP contribution in [0.15, 0.2) is 24.4 Å². The number of carbonyl (C=O) groups excluding carboxylic acids is 1. The molecule has 0 radical (unpaired) electrons. The molecule has 1 heterocycles. The number of nitrogens with two attached hydrogens (primary N) is 1. The fraction of sp³-hybridized carbons (Fsp3) is 0.500. The summed E-state index contributed by atoms with van der Waals surface area (Å²) < 4.78 is 12.5. The zero-order chi connectivity index (χ0) is 19.4. The minimum Gasteiger partial charge on any atom is -0.493 e. The summed E-state index contributed by atoms with van der Waals surface area (Å²) in [4.78, 5) is 12.8. The van der Waals surface area contributed by atoms with E-state index in [0.717, 1.165) is 36.2 Å². The molecule has 1 aromatic heterocycles. The van der Waals surface area contributed by atoms with Gasteiger partial charge in [0, 0.05) is 11.5 Å². The Kier molecular flexibility index (Phi) is 6.01. The molecular formula is C20H28N4O3. The molecule has 146 valence electrons. The van der Waals surface area contributed by atoms with E-state index in [9.17, 15) is 4.79 Å². The second kappa shape index (κ2) is 8.43. The summed E-state index contributed by atoms with van der Waals surface area (Å²) in [5.74, 6) is 2.38. The van der Waals surface area contributed by atoms with Crippen molar-refractivity contribution in [3.8, 4) is 11.5 Å². The number of rotatable bonds is 7. The van der Waals surface area contributed by atoms with Crippen molar-refractivity contribution in [1.82, 2.24) is 9.78 Å². The van der Waals surface area contributed by atoms with Crippen LogP contribution in [0.4, 0.5) is 5.82 Å². The van der Waals surface area contributed by atoms with Gasteiger partial charge in [-0.2, -0.15) is 5.10 Å². The lowest BCUT2D eigenvalue weighted by atomic mass is 9.95. The molecular weight excluding hydrogens is 344 g/mol. The van der Waals surface area contributed by atoms with Crippen LogP contribution < -0.4 is 20.5 Å². The molecule has 1 fully saturated rings. The van der Waals surface area contributed by atoms with Crippen LogP contribution in [0.5, 0.6) is 11.5 Å². The number of amides is 1. The molecule has 0 bridgehead atoms. The summed E-state index contributed by atoms with van der Waals surface area (Å²) in [5.41, 5.74) is 7.77. The first kappa shape index (κ1) is 19.2. The minimum absolute atomic E-state index is 0.0150. The first-order valence-corrected chi connectivity index (χ1v) is 9.31. The zero-order valence-corrected chi connectivity index (χ0v) is 16.2. The standard InChI is InChI=1S/C20H28N4O3/c1-13-11-22-24(12-14-7-8-17(26-2)18(9-14)27-3)19(13)23-20(25)16-6-4-5-15(16)10-21/h7-9,11,15-16H,4-6,10,12,21H2,1-3H3,(H,23,25)/t15-,16-/m1/s1. The van der Waals surface area contributed by atoms with E-state index in [1.807, 2.05) is 25.1 Å². The normalized spacial score (nSPS) is 19.1. The summed E-state index contributed by atoms with van der Waals surface area (Å²) in [6.07, 6.45) is 4.75. The molecule has 7 nitrogen and oxygen atoms in total. The third kappa shape index (κ3) is 4.08. The number of aryl methyl sites for hydroxylation is 1. The molecule has 7 heteroatoms. The maximum absolute atomic E-state index is 12.8. The second-order valence-electron chi connectivity index (χ2n) is 7.05. The predicted octanol–water partition coefficient (Wildman–Crippen LogP) is 2.57. The summed E-state index contributed by atoms with van der Waals surface area (Å²) in [7, 11) is 3.22. The fourth-order valence-corrected chi connectivity index (χ4v) is 3.79. The molecule has 2 aromatic rings. The van der Waals surface area contributed by atoms with Crippen LogP contribution in [0.3, 0.4) is 0 Å². The van der Waals surface area contributed by atoms with E-state index >= 15 is 0 Å². The molecule has 3 rings (SSSR count). The van der Waals surface area contributed by atoms with E-state index < -0.39 is 0 Å². The lowest BCUT2D eigenvalue weighted by molar-refractivity contribution is -0.120. The van der Waals surface area contributed by atoms with E-state index in [-0.39, 0.29) is 17.7 Å². The van der Waals surface area contributed by atoms with E-state index in [2.05, 4.69) is 10.4 Å². The number of nitrogens with zero attached hydrogens (tertiary/aromatic N) is 2. The molecule has 0 spiro atoms. The summed E-state index contributed by atoms with van der Waals surface area (Å²) in [6, 6.07) is 5.75. The highest BCUT2D eigenvalue weighted by Crippen LogP contribution is 2.32. The van der Waals surface area contributed by atoms with Crippen molar-refractivity contribution in [1.29, 1.82) is 0 Å². The van der Waals surface area contributed by atoms with Gasteiger partial charge in [-0.25, -0.2) is 4.68 Å². The van der Waals surface area contributed by atoms with Crippen LogP contribution in [0, 0.1) is 18.8 Å². The molecule has 2 atom stereocenters. The average Bonchev–Trinajstić information content (AvgIpc) is 3.29. The molecule has 3 N–H and O–H groups in total. The van der Waals surface area contributed by atoms with Gasteiger partial charge in [0.05, 0.1) is 27.0 Å². The molecule has 0 saturated heterocycles. The molecule has 0 unspecified atom stereocenters. The van der Waals surface area contributed by atoms with Crippen LogP contribution in [-0.4, -0.2) is 36.5 Å². The lowest BCUT2D eigenvalue weighted by Gasteiger charge is -2.18. The molecule has 1 aliphatic rings. The Balaban J connectivity index is 1.78. The third-order valence-corrected chi connectivity index (χ3v) is 5.34. The largest absolute Gasteiger partial charge is 0.493 e. The van der Waals surface area contributed by atoms with Crippen molar-refractivity contribution in [2.45, 2.75) is 32.7 Å². The van der Waals surface area contributed by atoms with Crippen molar-refractivity contribution in [3.63, 3.8) is 0 Å². The molecule has 27 heavy (non-hydrogen) atoms. The van der Waals surface area contributed by atoms with Crippen molar-refractivity contribution in [2.24, 2.45) is 17.6 Å². The van der Waals surface area contributed by atoms with Crippen LogP contribution in [0.2, 0.25) is 0 Å². The number of methoxy groups -OCH3 is 2. The summed E-state index contributed by atoms with van der Waals surface area (Å²) in [5, 5.41) is 7.52. The highest BCUT2D eigenvalue weighted by atomic mass is 16.5. The Morgan fingerprint density at radius 3 is 2.78 bits per heavy atom. The van der Waals surface area contributed by atoms with Crippen molar-refractivity contribution in [2.75, 3.05) is 26.1 Å². The Hall–Kier alpha value is -2.54. The maximum atomic E-state index is 12.8. The van der Waals surface area contributed by atoms with Gasteiger partial charge in [-0.3, -0.25) is 4.79 Å². The molecule has 1 aliphatic carbocycles. The average molecular weight is 372 g/mol. The highest BCUT2D eigenvalue weighted by molar-refractivity contribution is 5.92. The molecule has 1 saturated carbocycles. The maximum Gasteiger partial charge on any atom is 0.228 e. The van der Waals surface area contributed by atoms with E-state index in [0.29, 0.717) is 24.6 Å². The van der Waals surface area contributed by atoms with Gasteiger partial charge in [0.25, 0.3) is 0 Å². The Morgan fingerprint density at radius 2 is 2.07 bits per heavy atom. The Labute approximate surface area is 159 Å². The topological polar surface area (TPSA) is 91.4 Å². The van der Waals surface area contributed by atoms with Gasteiger partial charge in [-0.15, -0.1) is 0 Å². The van der Waals surface area contributed by atoms with Gasteiger partial charge < -0.3 is 20.5 Å². The number of benzene rings is 1. The van der Waals surface area contributed by atoms with Crippen LogP contribution in [-0.2, 0) is 11.3 Å². The molecule has 1 aromatic carbocycles. The first-order valence-electron chi connectivity index (χ1n) is 9.31. The number of carbonyl (C=O) groups is 1. The van der Waals surface area contributed by atoms with Crippen molar-refractivity contribution < 1.29 is 14.3 Å². The number of aromatic nitrogens is 2. The van der Waals surface area contributed by atoms with Gasteiger partial charge in [-0.1, -0.05) is 12.5 Å². The van der Waals surface area contributed by atoms with Crippen LogP contribution >= 0.6 is 0 Å². The van der Waals surface area contributed by atoms with E-state index in [4.69, 9.17) is 15.2 Å². The highest BCUT2D eigenvalue weighted by Gasteiger charge is 2.32. The zero-order valence-electron chi connectivity index (χ0n) is 16.2. The SMILES string of the molecule is COc1ccc(Cn2ncc(C)c2NC(=O)[C@@H]2CCC[C@@H]2CN)cc1OC. The number of ether oxygens (including phenoxy) is 2. The smallest absolute Gasteiger partial charge is 0.228 e. The number of hydrogen-bond acceptors (Lipinski definition) is 5.